The molecule has 1 aromatic rings. The van der Waals surface area contributed by atoms with Crippen molar-refractivity contribution in [1.29, 1.82) is 0 Å². The minimum absolute atomic E-state index is 0.0956. The van der Waals surface area contributed by atoms with Gasteiger partial charge in [0.2, 0.25) is 0 Å². The fraction of sp³-hybridized carbons (Fsp3) is 0.741. The normalized spacial score (nSPS) is 19.7. The first-order chi connectivity index (χ1) is 14.2. The molecule has 2 unspecified atom stereocenters. The van der Waals surface area contributed by atoms with Gasteiger partial charge in [0.25, 0.3) is 0 Å². The van der Waals surface area contributed by atoms with Crippen LogP contribution >= 0.6 is 0 Å². The second-order valence-electron chi connectivity index (χ2n) is 9.23. The van der Waals surface area contributed by atoms with Crippen LogP contribution in [-0.2, 0) is 5.41 Å². The average molecular weight is 399 g/mol. The molecule has 0 fully saturated rings. The Hall–Kier alpha value is -1.31. The molecule has 2 atom stereocenters. The quantitative estimate of drug-likeness (QED) is 0.255. The molecular formula is C27H46N2. The third-order valence-corrected chi connectivity index (χ3v) is 6.69. The molecular weight excluding hydrogens is 352 g/mol. The van der Waals surface area contributed by atoms with Gasteiger partial charge in [0.1, 0.15) is 5.82 Å². The van der Waals surface area contributed by atoms with Crippen molar-refractivity contribution in [1.82, 2.24) is 9.55 Å². The van der Waals surface area contributed by atoms with E-state index in [0.29, 0.717) is 6.04 Å². The maximum atomic E-state index is 4.90. The average Bonchev–Trinajstić information content (AvgIpc) is 3.24. The SMILES string of the molecule is CCCCCCCCCCCC1(c2nccn2C(C)CCCCC)C=CC=CC1. The van der Waals surface area contributed by atoms with E-state index in [-0.39, 0.29) is 5.41 Å². The molecule has 0 spiro atoms. The third-order valence-electron chi connectivity index (χ3n) is 6.69. The first-order valence-corrected chi connectivity index (χ1v) is 12.6. The van der Waals surface area contributed by atoms with Crippen LogP contribution in [0, 0.1) is 0 Å². The summed E-state index contributed by atoms with van der Waals surface area (Å²) < 4.78 is 2.48. The van der Waals surface area contributed by atoms with E-state index in [1.807, 2.05) is 6.20 Å². The molecule has 0 amide bonds. The summed E-state index contributed by atoms with van der Waals surface area (Å²) in [6, 6.07) is 0.540. The van der Waals surface area contributed by atoms with Gasteiger partial charge in [0, 0.05) is 18.4 Å². The van der Waals surface area contributed by atoms with Gasteiger partial charge in [-0.3, -0.25) is 0 Å². The van der Waals surface area contributed by atoms with E-state index in [4.69, 9.17) is 4.98 Å². The zero-order valence-electron chi connectivity index (χ0n) is 19.5. The predicted molar refractivity (Wildman–Crippen MR) is 127 cm³/mol. The van der Waals surface area contributed by atoms with Crippen molar-refractivity contribution < 1.29 is 0 Å². The van der Waals surface area contributed by atoms with Gasteiger partial charge < -0.3 is 4.57 Å². The van der Waals surface area contributed by atoms with E-state index < -0.39 is 0 Å². The van der Waals surface area contributed by atoms with Crippen LogP contribution < -0.4 is 0 Å². The summed E-state index contributed by atoms with van der Waals surface area (Å²) in [7, 11) is 0. The van der Waals surface area contributed by atoms with Crippen LogP contribution in [0.25, 0.3) is 0 Å². The van der Waals surface area contributed by atoms with Crippen molar-refractivity contribution in [2.24, 2.45) is 0 Å². The van der Waals surface area contributed by atoms with Gasteiger partial charge >= 0.3 is 0 Å². The summed E-state index contributed by atoms with van der Waals surface area (Å²) in [5.74, 6) is 1.29. The Kier molecular flexibility index (Phi) is 11.4. The van der Waals surface area contributed by atoms with E-state index >= 15 is 0 Å². The molecule has 1 aliphatic rings. The van der Waals surface area contributed by atoms with Crippen LogP contribution in [0.1, 0.15) is 129 Å². The third kappa shape index (κ3) is 7.79. The van der Waals surface area contributed by atoms with Crippen LogP contribution in [0.15, 0.2) is 36.7 Å². The van der Waals surface area contributed by atoms with Gasteiger partial charge in [-0.05, 0) is 26.2 Å². The summed E-state index contributed by atoms with van der Waals surface area (Å²) in [4.78, 5) is 4.90. The first-order valence-electron chi connectivity index (χ1n) is 12.6. The van der Waals surface area contributed by atoms with Gasteiger partial charge in [-0.15, -0.1) is 0 Å². The van der Waals surface area contributed by atoms with E-state index in [2.05, 4.69) is 55.8 Å². The minimum Gasteiger partial charge on any atom is -0.331 e. The molecule has 0 aliphatic heterocycles. The van der Waals surface area contributed by atoms with Gasteiger partial charge in [-0.2, -0.15) is 0 Å². The Balaban J connectivity index is 1.88. The maximum absolute atomic E-state index is 4.90. The molecule has 0 N–H and O–H groups in total. The summed E-state index contributed by atoms with van der Waals surface area (Å²) >= 11 is 0. The molecule has 1 aliphatic carbocycles. The molecule has 0 bridgehead atoms. The lowest BCUT2D eigenvalue weighted by Gasteiger charge is -2.33. The number of imidazole rings is 1. The largest absolute Gasteiger partial charge is 0.331 e. The monoisotopic (exact) mass is 398 g/mol. The predicted octanol–water partition coefficient (Wildman–Crippen LogP) is 8.70. The van der Waals surface area contributed by atoms with Crippen LogP contribution in [-0.4, -0.2) is 9.55 Å². The molecule has 1 heterocycles. The maximum Gasteiger partial charge on any atom is 0.119 e. The zero-order valence-corrected chi connectivity index (χ0v) is 19.5. The van der Waals surface area contributed by atoms with Crippen molar-refractivity contribution in [2.45, 2.75) is 129 Å². The molecule has 0 saturated carbocycles. The second kappa shape index (κ2) is 13.8. The van der Waals surface area contributed by atoms with Crippen LogP contribution in [0.3, 0.4) is 0 Å². The number of nitrogens with zero attached hydrogens (tertiary/aromatic N) is 2. The highest BCUT2D eigenvalue weighted by Crippen LogP contribution is 2.38. The van der Waals surface area contributed by atoms with Crippen LogP contribution in [0.5, 0.6) is 0 Å². The van der Waals surface area contributed by atoms with Crippen molar-refractivity contribution >= 4 is 0 Å². The first kappa shape index (κ1) is 24.0. The fourth-order valence-corrected chi connectivity index (χ4v) is 4.76. The van der Waals surface area contributed by atoms with E-state index in [0.717, 1.165) is 6.42 Å². The highest BCUT2D eigenvalue weighted by molar-refractivity contribution is 5.29. The van der Waals surface area contributed by atoms with E-state index in [9.17, 15) is 0 Å². The van der Waals surface area contributed by atoms with Gasteiger partial charge in [-0.25, -0.2) is 4.98 Å². The molecule has 1 aromatic heterocycles. The molecule has 2 heteroatoms. The smallest absolute Gasteiger partial charge is 0.119 e. The number of unbranched alkanes of at least 4 members (excludes halogenated alkanes) is 10. The Labute approximate surface area is 180 Å². The second-order valence-corrected chi connectivity index (χ2v) is 9.23. The standard InChI is InChI=1S/C27H46N2/c1-4-6-8-9-10-11-12-13-16-20-27(21-17-14-18-22-27)26-28-23-24-29(26)25(3)19-15-7-5-2/h14,17-18,21,23-25H,4-13,15-16,19-20,22H2,1-3H3. The summed E-state index contributed by atoms with van der Waals surface area (Å²) in [5, 5.41) is 0. The molecule has 0 saturated heterocycles. The van der Waals surface area contributed by atoms with Gasteiger partial charge in [-0.1, -0.05) is 115 Å². The zero-order chi connectivity index (χ0) is 20.8. The molecule has 29 heavy (non-hydrogen) atoms. The number of aromatic nitrogens is 2. The van der Waals surface area contributed by atoms with Crippen LogP contribution in [0.2, 0.25) is 0 Å². The topological polar surface area (TPSA) is 17.8 Å². The van der Waals surface area contributed by atoms with Gasteiger partial charge in [0.05, 0.1) is 5.41 Å². The minimum atomic E-state index is 0.0956. The van der Waals surface area contributed by atoms with Gasteiger partial charge in [0.15, 0.2) is 0 Å². The molecule has 164 valence electrons. The van der Waals surface area contributed by atoms with Crippen molar-refractivity contribution in [3.8, 4) is 0 Å². The molecule has 2 rings (SSSR count). The van der Waals surface area contributed by atoms with E-state index in [1.165, 1.54) is 95.7 Å². The highest BCUT2D eigenvalue weighted by atomic mass is 15.1. The number of hydrogen-bond acceptors (Lipinski definition) is 1. The van der Waals surface area contributed by atoms with Crippen molar-refractivity contribution in [3.05, 3.63) is 42.5 Å². The Morgan fingerprint density at radius 3 is 2.21 bits per heavy atom. The Morgan fingerprint density at radius 2 is 1.55 bits per heavy atom. The summed E-state index contributed by atoms with van der Waals surface area (Å²) in [5.41, 5.74) is 0.0956. The Bertz CT molecular complexity index is 597. The lowest BCUT2D eigenvalue weighted by atomic mass is 9.76. The van der Waals surface area contributed by atoms with Crippen molar-refractivity contribution in [2.75, 3.05) is 0 Å². The van der Waals surface area contributed by atoms with Crippen LogP contribution in [0.4, 0.5) is 0 Å². The summed E-state index contributed by atoms with van der Waals surface area (Å²) in [6.45, 7) is 6.95. The number of rotatable bonds is 16. The molecule has 0 aromatic carbocycles. The fourth-order valence-electron chi connectivity index (χ4n) is 4.76. The number of allylic oxidation sites excluding steroid dienone is 4. The highest BCUT2D eigenvalue weighted by Gasteiger charge is 2.33. The van der Waals surface area contributed by atoms with Crippen molar-refractivity contribution in [3.63, 3.8) is 0 Å². The molecule has 2 nitrogen and oxygen atoms in total. The summed E-state index contributed by atoms with van der Waals surface area (Å²) in [6.07, 6.45) is 33.5. The number of hydrogen-bond donors (Lipinski definition) is 0. The Morgan fingerprint density at radius 1 is 0.897 bits per heavy atom. The molecule has 0 radical (unpaired) electrons. The van der Waals surface area contributed by atoms with E-state index in [1.54, 1.807) is 0 Å². The lowest BCUT2D eigenvalue weighted by Crippen LogP contribution is -2.29. The lowest BCUT2D eigenvalue weighted by molar-refractivity contribution is 0.381.